The molecule has 0 atom stereocenters. The van der Waals surface area contributed by atoms with E-state index in [2.05, 4.69) is 6.92 Å². The zero-order chi connectivity index (χ0) is 10.3. The molecule has 2 heteroatoms. The highest BCUT2D eigenvalue weighted by Crippen LogP contribution is 2.21. The van der Waals surface area contributed by atoms with Crippen molar-refractivity contribution in [3.8, 4) is 5.75 Å². The normalized spacial score (nSPS) is 8.62. The van der Waals surface area contributed by atoms with Gasteiger partial charge in [-0.1, -0.05) is 26.8 Å². The summed E-state index contributed by atoms with van der Waals surface area (Å²) in [5.41, 5.74) is 7.64. The molecule has 0 aliphatic heterocycles. The molecule has 0 unspecified atom stereocenters. The van der Waals surface area contributed by atoms with Crippen LogP contribution in [0.2, 0.25) is 0 Å². The quantitative estimate of drug-likeness (QED) is 0.715. The van der Waals surface area contributed by atoms with Gasteiger partial charge in [0, 0.05) is 1.43 Å². The zero-order valence-corrected chi connectivity index (χ0v) is 8.92. The van der Waals surface area contributed by atoms with Gasteiger partial charge < -0.3 is 10.5 Å². The Hall–Kier alpha value is -1.18. The summed E-state index contributed by atoms with van der Waals surface area (Å²) >= 11 is 0. The summed E-state index contributed by atoms with van der Waals surface area (Å²) in [6, 6.07) is 5.86. The topological polar surface area (TPSA) is 35.2 Å². The molecule has 0 saturated heterocycles. The SMILES string of the molecule is CC.CCc1ccc(OC)c(N)c1.[HH]. The number of methoxy groups -OCH3 is 1. The van der Waals surface area contributed by atoms with Crippen molar-refractivity contribution in [3.05, 3.63) is 23.8 Å². The third-order valence-electron chi connectivity index (χ3n) is 1.70. The average molecular weight is 183 g/mol. The monoisotopic (exact) mass is 183 g/mol. The van der Waals surface area contributed by atoms with Crippen LogP contribution in [0.25, 0.3) is 0 Å². The van der Waals surface area contributed by atoms with Gasteiger partial charge in [-0.2, -0.15) is 0 Å². The molecular formula is C11H21NO. The molecule has 1 aromatic rings. The number of hydrogen-bond donors (Lipinski definition) is 1. The van der Waals surface area contributed by atoms with E-state index in [0.29, 0.717) is 5.69 Å². The van der Waals surface area contributed by atoms with Gasteiger partial charge in [-0.25, -0.2) is 0 Å². The third kappa shape index (κ3) is 3.36. The number of hydrogen-bond acceptors (Lipinski definition) is 2. The van der Waals surface area contributed by atoms with Gasteiger partial charge in [0.2, 0.25) is 0 Å². The summed E-state index contributed by atoms with van der Waals surface area (Å²) in [6.07, 6.45) is 1.01. The van der Waals surface area contributed by atoms with Crippen molar-refractivity contribution in [1.29, 1.82) is 0 Å². The minimum Gasteiger partial charge on any atom is -0.495 e. The molecule has 2 nitrogen and oxygen atoms in total. The van der Waals surface area contributed by atoms with Crippen LogP contribution in [0.4, 0.5) is 5.69 Å². The molecule has 0 spiro atoms. The largest absolute Gasteiger partial charge is 0.495 e. The van der Waals surface area contributed by atoms with E-state index in [-0.39, 0.29) is 1.43 Å². The first-order valence-electron chi connectivity index (χ1n) is 4.70. The number of aryl methyl sites for hydroxylation is 1. The van der Waals surface area contributed by atoms with Crippen LogP contribution in [0.3, 0.4) is 0 Å². The second-order valence-electron chi connectivity index (χ2n) is 2.43. The van der Waals surface area contributed by atoms with Crippen LogP contribution in [0.15, 0.2) is 18.2 Å². The molecule has 0 amide bonds. The lowest BCUT2D eigenvalue weighted by atomic mass is 10.1. The van der Waals surface area contributed by atoms with Crippen LogP contribution in [-0.2, 0) is 6.42 Å². The highest BCUT2D eigenvalue weighted by molar-refractivity contribution is 5.54. The number of benzene rings is 1. The molecule has 0 aliphatic rings. The van der Waals surface area contributed by atoms with Crippen molar-refractivity contribution >= 4 is 5.69 Å². The Labute approximate surface area is 82.2 Å². The third-order valence-corrected chi connectivity index (χ3v) is 1.70. The number of nitrogens with two attached hydrogens (primary N) is 1. The highest BCUT2D eigenvalue weighted by atomic mass is 16.5. The molecule has 2 N–H and O–H groups in total. The Morgan fingerprint density at radius 3 is 2.38 bits per heavy atom. The lowest BCUT2D eigenvalue weighted by molar-refractivity contribution is 0.417. The summed E-state index contributed by atoms with van der Waals surface area (Å²) in [5, 5.41) is 0. The van der Waals surface area contributed by atoms with Gasteiger partial charge in [-0.05, 0) is 24.1 Å². The van der Waals surface area contributed by atoms with Crippen molar-refractivity contribution < 1.29 is 6.16 Å². The van der Waals surface area contributed by atoms with Gasteiger partial charge in [-0.15, -0.1) is 0 Å². The molecule has 0 bridgehead atoms. The fourth-order valence-corrected chi connectivity index (χ4v) is 1.00. The van der Waals surface area contributed by atoms with E-state index >= 15 is 0 Å². The predicted molar refractivity (Wildman–Crippen MR) is 60.2 cm³/mol. The molecule has 13 heavy (non-hydrogen) atoms. The molecule has 0 aliphatic carbocycles. The van der Waals surface area contributed by atoms with Crippen molar-refractivity contribution in [2.75, 3.05) is 12.8 Å². The van der Waals surface area contributed by atoms with Crippen LogP contribution in [0, 0.1) is 0 Å². The molecule has 76 valence electrons. The summed E-state index contributed by atoms with van der Waals surface area (Å²) < 4.78 is 5.02. The van der Waals surface area contributed by atoms with Crippen molar-refractivity contribution in [3.63, 3.8) is 0 Å². The van der Waals surface area contributed by atoms with Crippen LogP contribution >= 0.6 is 0 Å². The van der Waals surface area contributed by atoms with E-state index in [1.807, 2.05) is 32.0 Å². The minimum atomic E-state index is 0. The first kappa shape index (κ1) is 11.8. The van der Waals surface area contributed by atoms with Crippen LogP contribution in [-0.4, -0.2) is 7.11 Å². The van der Waals surface area contributed by atoms with Crippen molar-refractivity contribution in [2.45, 2.75) is 27.2 Å². The van der Waals surface area contributed by atoms with E-state index < -0.39 is 0 Å². The van der Waals surface area contributed by atoms with Crippen LogP contribution in [0.5, 0.6) is 5.75 Å². The summed E-state index contributed by atoms with van der Waals surface area (Å²) in [5.74, 6) is 0.752. The second kappa shape index (κ2) is 6.35. The highest BCUT2D eigenvalue weighted by Gasteiger charge is 1.97. The number of rotatable bonds is 2. The fourth-order valence-electron chi connectivity index (χ4n) is 1.00. The van der Waals surface area contributed by atoms with E-state index in [9.17, 15) is 0 Å². The van der Waals surface area contributed by atoms with Crippen molar-refractivity contribution in [2.24, 2.45) is 0 Å². The summed E-state index contributed by atoms with van der Waals surface area (Å²) in [6.45, 7) is 6.10. The molecule has 0 aromatic heterocycles. The fraction of sp³-hybridized carbons (Fsp3) is 0.455. The lowest BCUT2D eigenvalue weighted by Crippen LogP contribution is -1.93. The van der Waals surface area contributed by atoms with Gasteiger partial charge in [0.05, 0.1) is 12.8 Å². The number of ether oxygens (including phenoxy) is 1. The maximum Gasteiger partial charge on any atom is 0.141 e. The lowest BCUT2D eigenvalue weighted by Gasteiger charge is -2.04. The molecule has 1 rings (SSSR count). The molecular weight excluding hydrogens is 162 g/mol. The molecule has 1 aromatic carbocycles. The average Bonchev–Trinajstić information content (AvgIpc) is 2.20. The Morgan fingerprint density at radius 2 is 2.00 bits per heavy atom. The van der Waals surface area contributed by atoms with Crippen LogP contribution < -0.4 is 10.5 Å². The Bertz CT molecular complexity index is 251. The Kier molecular flexibility index (Phi) is 5.77. The zero-order valence-electron chi connectivity index (χ0n) is 8.92. The van der Waals surface area contributed by atoms with E-state index in [0.717, 1.165) is 12.2 Å². The van der Waals surface area contributed by atoms with Gasteiger partial charge in [0.1, 0.15) is 5.75 Å². The standard InChI is InChI=1S/C9H13NO.C2H6.H2/c1-3-7-4-5-9(11-2)8(10)6-7;1-2;/h4-6H,3,10H2,1-2H3;1-2H3;1H. The maximum absolute atomic E-state index is 5.68. The van der Waals surface area contributed by atoms with Gasteiger partial charge in [0.25, 0.3) is 0 Å². The summed E-state index contributed by atoms with van der Waals surface area (Å²) in [7, 11) is 1.62. The van der Waals surface area contributed by atoms with E-state index in [1.165, 1.54) is 5.56 Å². The van der Waals surface area contributed by atoms with Gasteiger partial charge >= 0.3 is 0 Å². The molecule has 0 fully saturated rings. The predicted octanol–water partition coefficient (Wildman–Crippen LogP) is 3.11. The van der Waals surface area contributed by atoms with Crippen LogP contribution in [0.1, 0.15) is 27.8 Å². The van der Waals surface area contributed by atoms with E-state index in [1.54, 1.807) is 7.11 Å². The first-order valence-corrected chi connectivity index (χ1v) is 4.70. The van der Waals surface area contributed by atoms with Gasteiger partial charge in [-0.3, -0.25) is 0 Å². The van der Waals surface area contributed by atoms with Crippen molar-refractivity contribution in [1.82, 2.24) is 0 Å². The molecule has 0 saturated carbocycles. The second-order valence-corrected chi connectivity index (χ2v) is 2.43. The summed E-state index contributed by atoms with van der Waals surface area (Å²) in [4.78, 5) is 0. The minimum absolute atomic E-state index is 0. The number of nitrogen functional groups attached to an aromatic ring is 1. The molecule has 0 radical (unpaired) electrons. The molecule has 0 heterocycles. The van der Waals surface area contributed by atoms with Gasteiger partial charge in [0.15, 0.2) is 0 Å². The maximum atomic E-state index is 5.68. The smallest absolute Gasteiger partial charge is 0.141 e. The first-order chi connectivity index (χ1) is 6.27. The Balaban J connectivity index is 0. The van der Waals surface area contributed by atoms with E-state index in [4.69, 9.17) is 10.5 Å². The number of anilines is 1. The Morgan fingerprint density at radius 1 is 1.38 bits per heavy atom.